The molecule has 8 heteroatoms. The lowest BCUT2D eigenvalue weighted by Crippen LogP contribution is -2.20. The number of hydrogen-bond acceptors (Lipinski definition) is 6. The standard InChI is InChI=1S/C25H20ClN3O4/c26-13-5-7-27-14(9-13)10-15(30)11-19-23-18-12-16(1-3-20(18)33-24(19)23)32-21-6-8-28-25-17(21)2-4-22(31)29-25/h1,3,5-9,12,19,23-24H,2,4,10-11H2,(H,28,29,31)/t19?,23-,24+/m0/s1. The van der Waals surface area contributed by atoms with Crippen LogP contribution in [0.2, 0.25) is 5.02 Å². The first-order valence-corrected chi connectivity index (χ1v) is 11.3. The van der Waals surface area contributed by atoms with E-state index in [1.54, 1.807) is 24.5 Å². The van der Waals surface area contributed by atoms with E-state index in [1.807, 2.05) is 24.3 Å². The molecule has 6 rings (SSSR count). The monoisotopic (exact) mass is 461 g/mol. The zero-order valence-corrected chi connectivity index (χ0v) is 18.3. The molecule has 3 aromatic rings. The van der Waals surface area contributed by atoms with Crippen molar-refractivity contribution < 1.29 is 19.1 Å². The highest BCUT2D eigenvalue weighted by Crippen LogP contribution is 2.60. The van der Waals surface area contributed by atoms with Crippen LogP contribution >= 0.6 is 11.6 Å². The number of aromatic nitrogens is 2. The summed E-state index contributed by atoms with van der Waals surface area (Å²) in [4.78, 5) is 32.7. The van der Waals surface area contributed by atoms with Crippen LogP contribution in [0.3, 0.4) is 0 Å². The molecule has 2 aliphatic heterocycles. The first kappa shape index (κ1) is 20.2. The molecule has 1 aromatic carbocycles. The number of rotatable bonds is 6. The van der Waals surface area contributed by atoms with Crippen molar-refractivity contribution in [2.24, 2.45) is 5.92 Å². The van der Waals surface area contributed by atoms with Gasteiger partial charge in [0.15, 0.2) is 0 Å². The van der Waals surface area contributed by atoms with Gasteiger partial charge in [-0.1, -0.05) is 11.6 Å². The molecule has 1 aliphatic carbocycles. The highest BCUT2D eigenvalue weighted by atomic mass is 35.5. The van der Waals surface area contributed by atoms with Crippen molar-refractivity contribution in [3.8, 4) is 17.2 Å². The van der Waals surface area contributed by atoms with Crippen molar-refractivity contribution in [1.82, 2.24) is 9.97 Å². The van der Waals surface area contributed by atoms with E-state index >= 15 is 0 Å². The van der Waals surface area contributed by atoms with Gasteiger partial charge in [0.1, 0.15) is 35.0 Å². The summed E-state index contributed by atoms with van der Waals surface area (Å²) in [5, 5.41) is 3.37. The average molecular weight is 462 g/mol. The van der Waals surface area contributed by atoms with E-state index in [-0.39, 0.29) is 36.1 Å². The summed E-state index contributed by atoms with van der Waals surface area (Å²) in [6.07, 6.45) is 5.01. The number of halogens is 1. The Morgan fingerprint density at radius 3 is 2.91 bits per heavy atom. The topological polar surface area (TPSA) is 90.4 Å². The van der Waals surface area contributed by atoms with Gasteiger partial charge in [-0.2, -0.15) is 0 Å². The smallest absolute Gasteiger partial charge is 0.225 e. The third-order valence-electron chi connectivity index (χ3n) is 6.42. The van der Waals surface area contributed by atoms with Crippen LogP contribution in [0.25, 0.3) is 0 Å². The number of ether oxygens (including phenoxy) is 2. The Morgan fingerprint density at radius 1 is 1.15 bits per heavy atom. The van der Waals surface area contributed by atoms with Crippen molar-refractivity contribution in [2.45, 2.75) is 37.7 Å². The third kappa shape index (κ3) is 3.82. The lowest BCUT2D eigenvalue weighted by molar-refractivity contribution is -0.119. The second kappa shape index (κ2) is 7.85. The number of nitrogens with one attached hydrogen (secondary N) is 1. The molecule has 0 bridgehead atoms. The number of pyridine rings is 2. The minimum atomic E-state index is -0.0339. The Kier molecular flexibility index (Phi) is 4.80. The fourth-order valence-electron chi connectivity index (χ4n) is 4.82. The predicted molar refractivity (Wildman–Crippen MR) is 121 cm³/mol. The molecule has 3 aliphatic rings. The minimum absolute atomic E-state index is 0.0339. The molecule has 1 N–H and O–H groups in total. The lowest BCUT2D eigenvalue weighted by atomic mass is 10.0. The first-order chi connectivity index (χ1) is 16.0. The summed E-state index contributed by atoms with van der Waals surface area (Å²) < 4.78 is 12.2. The number of hydrogen-bond donors (Lipinski definition) is 1. The van der Waals surface area contributed by atoms with Crippen molar-refractivity contribution in [3.05, 3.63) is 70.6 Å². The van der Waals surface area contributed by atoms with Crippen molar-refractivity contribution >= 4 is 29.1 Å². The molecule has 2 aromatic heterocycles. The number of ketones is 1. The van der Waals surface area contributed by atoms with Crippen molar-refractivity contribution in [3.63, 3.8) is 0 Å². The largest absolute Gasteiger partial charge is 0.489 e. The van der Waals surface area contributed by atoms with Crippen LogP contribution in [-0.4, -0.2) is 27.8 Å². The highest BCUT2D eigenvalue weighted by Gasteiger charge is 2.59. The van der Waals surface area contributed by atoms with Crippen molar-refractivity contribution in [1.29, 1.82) is 0 Å². The second-order valence-corrected chi connectivity index (χ2v) is 9.08. The summed E-state index contributed by atoms with van der Waals surface area (Å²) >= 11 is 5.99. The van der Waals surface area contributed by atoms with Gasteiger partial charge in [0, 0.05) is 65.3 Å². The normalized spacial score (nSPS) is 21.8. The summed E-state index contributed by atoms with van der Waals surface area (Å²) in [5.74, 6) is 3.26. The van der Waals surface area contributed by atoms with Gasteiger partial charge in [-0.3, -0.25) is 14.6 Å². The van der Waals surface area contributed by atoms with Gasteiger partial charge in [0.2, 0.25) is 5.91 Å². The maximum Gasteiger partial charge on any atom is 0.225 e. The molecule has 3 atom stereocenters. The number of anilines is 1. The van der Waals surface area contributed by atoms with Gasteiger partial charge >= 0.3 is 0 Å². The Bertz CT molecular complexity index is 1290. The van der Waals surface area contributed by atoms with Crippen molar-refractivity contribution in [2.75, 3.05) is 5.32 Å². The minimum Gasteiger partial charge on any atom is -0.489 e. The molecule has 4 heterocycles. The van der Waals surface area contributed by atoms with Crippen LogP contribution in [-0.2, 0) is 22.4 Å². The molecule has 33 heavy (non-hydrogen) atoms. The Morgan fingerprint density at radius 2 is 2.03 bits per heavy atom. The summed E-state index contributed by atoms with van der Waals surface area (Å²) in [7, 11) is 0. The van der Waals surface area contributed by atoms with Gasteiger partial charge in [-0.05, 0) is 42.8 Å². The van der Waals surface area contributed by atoms with Crippen LogP contribution in [0, 0.1) is 5.92 Å². The van der Waals surface area contributed by atoms with E-state index < -0.39 is 0 Å². The molecule has 0 radical (unpaired) electrons. The highest BCUT2D eigenvalue weighted by molar-refractivity contribution is 6.30. The Labute approximate surface area is 195 Å². The molecule has 7 nitrogen and oxygen atoms in total. The summed E-state index contributed by atoms with van der Waals surface area (Å²) in [5.41, 5.74) is 2.66. The predicted octanol–water partition coefficient (Wildman–Crippen LogP) is 4.48. The molecule has 166 valence electrons. The average Bonchev–Trinajstić information content (AvgIpc) is 3.30. The Hall–Kier alpha value is -3.45. The number of carbonyl (C=O) groups is 2. The zero-order chi connectivity index (χ0) is 22.5. The van der Waals surface area contributed by atoms with Crippen LogP contribution < -0.4 is 14.8 Å². The summed E-state index contributed by atoms with van der Waals surface area (Å²) in [6, 6.07) is 11.0. The van der Waals surface area contributed by atoms with Crippen LogP contribution in [0.1, 0.15) is 35.6 Å². The van der Waals surface area contributed by atoms with Gasteiger partial charge in [-0.25, -0.2) is 4.98 Å². The molecular formula is C25H20ClN3O4. The molecule has 0 spiro atoms. The van der Waals surface area contributed by atoms with Gasteiger partial charge in [0.05, 0.1) is 0 Å². The van der Waals surface area contributed by atoms with E-state index in [0.29, 0.717) is 47.3 Å². The molecule has 1 saturated carbocycles. The third-order valence-corrected chi connectivity index (χ3v) is 6.66. The molecular weight excluding hydrogens is 442 g/mol. The SMILES string of the molecule is O=C(Cc1cc(Cl)ccn1)CC1[C@H]2Oc3ccc(Oc4ccnc5c4CCC(=O)N5)cc3[C@@H]12. The van der Waals surface area contributed by atoms with Gasteiger partial charge < -0.3 is 14.8 Å². The summed E-state index contributed by atoms with van der Waals surface area (Å²) in [6.45, 7) is 0. The van der Waals surface area contributed by atoms with Crippen LogP contribution in [0.4, 0.5) is 5.82 Å². The van der Waals surface area contributed by atoms with Crippen LogP contribution in [0.5, 0.6) is 17.2 Å². The number of amides is 1. The van der Waals surface area contributed by atoms with E-state index in [9.17, 15) is 9.59 Å². The van der Waals surface area contributed by atoms with E-state index in [4.69, 9.17) is 21.1 Å². The van der Waals surface area contributed by atoms with Gasteiger partial charge in [-0.15, -0.1) is 0 Å². The quantitative estimate of drug-likeness (QED) is 0.582. The zero-order valence-electron chi connectivity index (χ0n) is 17.6. The number of Topliss-reactive ketones (excluding diaryl/α,β-unsaturated/α-hetero) is 1. The maximum atomic E-state index is 12.6. The molecule has 1 amide bonds. The molecule has 1 fully saturated rings. The number of nitrogens with zero attached hydrogens (tertiary/aromatic N) is 2. The number of benzene rings is 1. The Balaban J connectivity index is 1.15. The van der Waals surface area contributed by atoms with E-state index in [1.165, 1.54) is 0 Å². The maximum absolute atomic E-state index is 12.6. The number of fused-ring (bicyclic) bond motifs is 4. The van der Waals surface area contributed by atoms with Gasteiger partial charge in [0.25, 0.3) is 0 Å². The molecule has 0 saturated heterocycles. The van der Waals surface area contributed by atoms with E-state index in [2.05, 4.69) is 15.3 Å². The van der Waals surface area contributed by atoms with E-state index in [0.717, 1.165) is 16.9 Å². The lowest BCUT2D eigenvalue weighted by Gasteiger charge is -2.19. The fourth-order valence-corrected chi connectivity index (χ4v) is 5.00. The molecule has 1 unspecified atom stereocenters. The first-order valence-electron chi connectivity index (χ1n) is 10.9. The second-order valence-electron chi connectivity index (χ2n) is 8.64. The van der Waals surface area contributed by atoms with Crippen LogP contribution in [0.15, 0.2) is 48.8 Å². The fraction of sp³-hybridized carbons (Fsp3) is 0.280. The number of carbonyl (C=O) groups excluding carboxylic acids is 2.